The largest absolute Gasteiger partial charge is 0.393 e. The second kappa shape index (κ2) is 8.93. The third-order valence-corrected chi connectivity index (χ3v) is 5.11. The molecular formula is C22H25N9O2. The first kappa shape index (κ1) is 22.3. The van der Waals surface area contributed by atoms with E-state index in [-0.39, 0.29) is 12.6 Å². The zero-order chi connectivity index (χ0) is 23.6. The van der Waals surface area contributed by atoms with Crippen LogP contribution in [0.15, 0.2) is 36.9 Å². The monoisotopic (exact) mass is 447 g/mol. The number of hydrogen-bond acceptors (Lipinski definition) is 9. The second-order valence-electron chi connectivity index (χ2n) is 8.47. The lowest BCUT2D eigenvalue weighted by atomic mass is 10.0. The number of aliphatic hydroxyl groups is 2. The minimum absolute atomic E-state index is 0.146. The lowest BCUT2D eigenvalue weighted by Crippen LogP contribution is -2.29. The van der Waals surface area contributed by atoms with Gasteiger partial charge >= 0.3 is 0 Å². The van der Waals surface area contributed by atoms with Crippen LogP contribution in [0.2, 0.25) is 0 Å². The Kier molecular flexibility index (Phi) is 6.04. The lowest BCUT2D eigenvalue weighted by molar-refractivity contribution is -0.00492. The van der Waals surface area contributed by atoms with Gasteiger partial charge in [-0.2, -0.15) is 15.0 Å². The molecule has 0 saturated carbocycles. The first-order chi connectivity index (χ1) is 15.8. The minimum atomic E-state index is -1.16. The maximum atomic E-state index is 10.0. The molecule has 0 fully saturated rings. The highest BCUT2D eigenvalue weighted by Gasteiger charge is 2.20. The smallest absolute Gasteiger partial charge is 0.164 e. The van der Waals surface area contributed by atoms with Crippen molar-refractivity contribution in [1.29, 1.82) is 5.26 Å². The first-order valence-corrected chi connectivity index (χ1v) is 10.6. The Balaban J connectivity index is 1.68. The molecule has 0 aliphatic rings. The molecule has 0 radical (unpaired) electrons. The van der Waals surface area contributed by atoms with Crippen molar-refractivity contribution in [3.63, 3.8) is 0 Å². The van der Waals surface area contributed by atoms with E-state index < -0.39 is 5.60 Å². The summed E-state index contributed by atoms with van der Waals surface area (Å²) in [5.41, 5.74) is 2.09. The molecule has 11 nitrogen and oxygen atoms in total. The van der Waals surface area contributed by atoms with Gasteiger partial charge in [-0.25, -0.2) is 14.6 Å². The van der Waals surface area contributed by atoms with Gasteiger partial charge in [0.05, 0.1) is 47.7 Å². The molecule has 33 heavy (non-hydrogen) atoms. The molecule has 0 aromatic carbocycles. The maximum absolute atomic E-state index is 10.0. The van der Waals surface area contributed by atoms with E-state index in [1.807, 2.05) is 19.9 Å². The van der Waals surface area contributed by atoms with E-state index in [2.05, 4.69) is 36.8 Å². The summed E-state index contributed by atoms with van der Waals surface area (Å²) in [5, 5.41) is 45.3. The molecule has 4 aromatic rings. The Hall–Kier alpha value is -3.88. The van der Waals surface area contributed by atoms with Crippen molar-refractivity contribution in [2.75, 3.05) is 11.9 Å². The molecule has 4 rings (SSSR count). The summed E-state index contributed by atoms with van der Waals surface area (Å²) in [6.07, 6.45) is 7.46. The Labute approximate surface area is 190 Å². The van der Waals surface area contributed by atoms with Crippen LogP contribution in [-0.2, 0) is 6.42 Å². The van der Waals surface area contributed by atoms with Crippen LogP contribution in [-0.4, -0.2) is 63.2 Å². The third kappa shape index (κ3) is 4.82. The van der Waals surface area contributed by atoms with Crippen LogP contribution < -0.4 is 5.32 Å². The van der Waals surface area contributed by atoms with Crippen molar-refractivity contribution < 1.29 is 10.2 Å². The summed E-state index contributed by atoms with van der Waals surface area (Å²) in [7, 11) is 0. The molecule has 4 aromatic heterocycles. The summed E-state index contributed by atoms with van der Waals surface area (Å²) < 4.78 is 3.25. The fourth-order valence-corrected chi connectivity index (χ4v) is 3.32. The van der Waals surface area contributed by atoms with Crippen LogP contribution in [0.1, 0.15) is 38.4 Å². The Bertz CT molecular complexity index is 1320. The van der Waals surface area contributed by atoms with Gasteiger partial charge in [0.25, 0.3) is 0 Å². The highest BCUT2D eigenvalue weighted by atomic mass is 16.3. The SMILES string of the molecule is CC(C)Nc1cc(-n2ncc3cc(C#N)cnc32)ncc1-n1cc(CC[C@@](C)(O)CO)nn1. The number of nitrogens with one attached hydrogen (secondary N) is 1. The predicted octanol–water partition coefficient (Wildman–Crippen LogP) is 1.76. The normalized spacial score (nSPS) is 13.2. The second-order valence-corrected chi connectivity index (χ2v) is 8.47. The lowest BCUT2D eigenvalue weighted by Gasteiger charge is -2.18. The van der Waals surface area contributed by atoms with Crippen LogP contribution in [0.5, 0.6) is 0 Å². The Morgan fingerprint density at radius 2 is 2.03 bits per heavy atom. The van der Waals surface area contributed by atoms with E-state index in [1.165, 1.54) is 6.20 Å². The average Bonchev–Trinajstić information content (AvgIpc) is 3.44. The molecule has 1 atom stereocenters. The number of anilines is 1. The van der Waals surface area contributed by atoms with E-state index >= 15 is 0 Å². The fraction of sp³-hybridized carbons (Fsp3) is 0.364. The third-order valence-electron chi connectivity index (χ3n) is 5.11. The number of pyridine rings is 2. The molecule has 0 aliphatic carbocycles. The van der Waals surface area contributed by atoms with Crippen LogP contribution in [0.4, 0.5) is 5.69 Å². The number of aryl methyl sites for hydroxylation is 1. The quantitative estimate of drug-likeness (QED) is 0.367. The highest BCUT2D eigenvalue weighted by molar-refractivity contribution is 5.77. The standard InChI is InChI=1S/C22H25N9O2/c1-14(2)27-18-7-20(31-21-16(10-26-31)6-15(8-23)9-25-21)24-11-19(18)30-12-17(28-29-30)4-5-22(3,33)13-32/h6-7,9-12,14,32-33H,4-5,13H2,1-3H3,(H,24,27)/t22-/m1/s1. The van der Waals surface area contributed by atoms with Crippen molar-refractivity contribution in [2.24, 2.45) is 0 Å². The van der Waals surface area contributed by atoms with Crippen LogP contribution >= 0.6 is 0 Å². The van der Waals surface area contributed by atoms with E-state index in [9.17, 15) is 10.2 Å². The van der Waals surface area contributed by atoms with Gasteiger partial charge in [-0.15, -0.1) is 5.10 Å². The van der Waals surface area contributed by atoms with Crippen molar-refractivity contribution >= 4 is 16.7 Å². The van der Waals surface area contributed by atoms with Gasteiger partial charge in [-0.3, -0.25) is 0 Å². The van der Waals surface area contributed by atoms with Gasteiger partial charge in [0.1, 0.15) is 11.8 Å². The van der Waals surface area contributed by atoms with Crippen molar-refractivity contribution in [1.82, 2.24) is 34.7 Å². The average molecular weight is 448 g/mol. The van der Waals surface area contributed by atoms with E-state index in [0.29, 0.717) is 41.3 Å². The van der Waals surface area contributed by atoms with E-state index in [1.54, 1.807) is 40.9 Å². The van der Waals surface area contributed by atoms with Crippen LogP contribution in [0.3, 0.4) is 0 Å². The summed E-state index contributed by atoms with van der Waals surface area (Å²) in [6, 6.07) is 5.82. The molecule has 11 heteroatoms. The Morgan fingerprint density at radius 1 is 1.21 bits per heavy atom. The summed E-state index contributed by atoms with van der Waals surface area (Å²) in [5.74, 6) is 0.563. The topological polar surface area (TPSA) is 151 Å². The van der Waals surface area contributed by atoms with Gasteiger partial charge in [0.15, 0.2) is 11.5 Å². The van der Waals surface area contributed by atoms with Crippen molar-refractivity contribution in [2.45, 2.75) is 45.3 Å². The minimum Gasteiger partial charge on any atom is -0.393 e. The summed E-state index contributed by atoms with van der Waals surface area (Å²) in [4.78, 5) is 8.92. The zero-order valence-electron chi connectivity index (χ0n) is 18.6. The number of aliphatic hydroxyl groups excluding tert-OH is 1. The molecule has 0 spiro atoms. The predicted molar refractivity (Wildman–Crippen MR) is 121 cm³/mol. The summed E-state index contributed by atoms with van der Waals surface area (Å²) in [6.45, 7) is 5.33. The molecule has 0 unspecified atom stereocenters. The number of fused-ring (bicyclic) bond motifs is 1. The summed E-state index contributed by atoms with van der Waals surface area (Å²) >= 11 is 0. The number of rotatable bonds is 8. The fourth-order valence-electron chi connectivity index (χ4n) is 3.32. The van der Waals surface area contributed by atoms with Gasteiger partial charge in [0, 0.05) is 23.7 Å². The Morgan fingerprint density at radius 3 is 2.76 bits per heavy atom. The van der Waals surface area contributed by atoms with Gasteiger partial charge < -0.3 is 15.5 Å². The molecule has 170 valence electrons. The number of hydrogen-bond donors (Lipinski definition) is 3. The van der Waals surface area contributed by atoms with Gasteiger partial charge in [-0.05, 0) is 39.7 Å². The number of nitriles is 1. The van der Waals surface area contributed by atoms with E-state index in [4.69, 9.17) is 5.26 Å². The highest BCUT2D eigenvalue weighted by Crippen LogP contribution is 2.25. The molecular weight excluding hydrogens is 422 g/mol. The van der Waals surface area contributed by atoms with Crippen LogP contribution in [0, 0.1) is 11.3 Å². The number of nitrogens with zero attached hydrogens (tertiary/aromatic N) is 8. The molecule has 0 amide bonds. The zero-order valence-corrected chi connectivity index (χ0v) is 18.6. The molecule has 0 bridgehead atoms. The van der Waals surface area contributed by atoms with Crippen molar-refractivity contribution in [3.05, 3.63) is 48.2 Å². The number of aromatic nitrogens is 7. The molecule has 0 aliphatic heterocycles. The van der Waals surface area contributed by atoms with Crippen molar-refractivity contribution in [3.8, 4) is 17.6 Å². The maximum Gasteiger partial charge on any atom is 0.164 e. The molecule has 3 N–H and O–H groups in total. The van der Waals surface area contributed by atoms with Crippen LogP contribution in [0.25, 0.3) is 22.5 Å². The molecule has 4 heterocycles. The molecule has 0 saturated heterocycles. The van der Waals surface area contributed by atoms with Gasteiger partial charge in [-0.1, -0.05) is 5.21 Å². The van der Waals surface area contributed by atoms with E-state index in [0.717, 1.165) is 11.1 Å². The van der Waals surface area contributed by atoms with Gasteiger partial charge in [0.2, 0.25) is 0 Å². The first-order valence-electron chi connectivity index (χ1n) is 10.6.